The van der Waals surface area contributed by atoms with Crippen LogP contribution in [0.4, 0.5) is 0 Å². The van der Waals surface area contributed by atoms with Crippen LogP contribution in [0.1, 0.15) is 37.0 Å². The number of aliphatic carboxylic acids is 1. The average molecular weight is 398 g/mol. The van der Waals surface area contributed by atoms with Gasteiger partial charge in [0, 0.05) is 4.88 Å². The van der Waals surface area contributed by atoms with Crippen LogP contribution in [0.3, 0.4) is 0 Å². The van der Waals surface area contributed by atoms with E-state index in [9.17, 15) is 14.4 Å². The van der Waals surface area contributed by atoms with Crippen LogP contribution in [0, 0.1) is 19.8 Å². The molecule has 2 unspecified atom stereocenters. The minimum Gasteiger partial charge on any atom is -0.480 e. The number of hydrogen-bond acceptors (Lipinski definition) is 6. The van der Waals surface area contributed by atoms with Gasteiger partial charge in [0.15, 0.2) is 0 Å². The zero-order valence-corrected chi connectivity index (χ0v) is 17.0. The highest BCUT2D eigenvalue weighted by atomic mass is 32.2. The van der Waals surface area contributed by atoms with E-state index in [1.165, 1.54) is 23.1 Å². The van der Waals surface area contributed by atoms with Crippen molar-refractivity contribution >= 4 is 45.2 Å². The summed E-state index contributed by atoms with van der Waals surface area (Å²) >= 11 is 2.78. The average Bonchev–Trinajstić information content (AvgIpc) is 2.84. The van der Waals surface area contributed by atoms with Crippen LogP contribution in [0.15, 0.2) is 4.79 Å². The predicted octanol–water partition coefficient (Wildman–Crippen LogP) is 2.45. The highest BCUT2D eigenvalue weighted by molar-refractivity contribution is 7.99. The molecule has 9 heteroatoms. The minimum absolute atomic E-state index is 0.171. The molecule has 0 bridgehead atoms. The molecule has 0 spiro atoms. The van der Waals surface area contributed by atoms with Crippen molar-refractivity contribution in [2.24, 2.45) is 5.92 Å². The molecule has 142 valence electrons. The van der Waals surface area contributed by atoms with Crippen LogP contribution < -0.4 is 10.9 Å². The number of thioether (sulfide) groups is 1. The Bertz CT molecular complexity index is 888. The molecule has 2 rings (SSSR count). The number of nitrogens with one attached hydrogen (secondary N) is 2. The lowest BCUT2D eigenvalue weighted by molar-refractivity contribution is -0.143. The Hall–Kier alpha value is -1.87. The topological polar surface area (TPSA) is 112 Å². The SMILES string of the molecule is Cc1sc2nc(CSC(C)C(=O)NC(C(=O)O)C(C)C)[nH]c(=O)c2c1C. The number of nitrogens with zero attached hydrogens (tertiary/aromatic N) is 1. The van der Waals surface area contributed by atoms with E-state index in [1.54, 1.807) is 20.8 Å². The van der Waals surface area contributed by atoms with E-state index in [0.717, 1.165) is 10.4 Å². The van der Waals surface area contributed by atoms with Crippen molar-refractivity contribution in [3.05, 3.63) is 26.6 Å². The van der Waals surface area contributed by atoms with Crippen LogP contribution in [0.5, 0.6) is 0 Å². The van der Waals surface area contributed by atoms with Gasteiger partial charge in [-0.1, -0.05) is 13.8 Å². The number of thiophene rings is 1. The molecule has 0 aliphatic heterocycles. The number of rotatable bonds is 7. The third-order valence-electron chi connectivity index (χ3n) is 4.16. The Labute approximate surface area is 159 Å². The van der Waals surface area contributed by atoms with E-state index in [4.69, 9.17) is 5.11 Å². The van der Waals surface area contributed by atoms with Gasteiger partial charge in [0.25, 0.3) is 5.56 Å². The van der Waals surface area contributed by atoms with Gasteiger partial charge in [0.05, 0.1) is 16.4 Å². The fourth-order valence-corrected chi connectivity index (χ4v) is 4.24. The fraction of sp³-hybridized carbons (Fsp3) is 0.529. The Morgan fingerprint density at radius 2 is 1.96 bits per heavy atom. The molecule has 2 atom stereocenters. The quantitative estimate of drug-likeness (QED) is 0.662. The maximum Gasteiger partial charge on any atom is 0.326 e. The van der Waals surface area contributed by atoms with Gasteiger partial charge in [0.2, 0.25) is 5.91 Å². The first-order valence-electron chi connectivity index (χ1n) is 8.25. The van der Waals surface area contributed by atoms with Crippen molar-refractivity contribution in [1.29, 1.82) is 0 Å². The Kier molecular flexibility index (Phi) is 6.46. The van der Waals surface area contributed by atoms with Gasteiger partial charge >= 0.3 is 5.97 Å². The van der Waals surface area contributed by atoms with E-state index in [0.29, 0.717) is 21.8 Å². The lowest BCUT2D eigenvalue weighted by atomic mass is 10.0. The van der Waals surface area contributed by atoms with E-state index in [-0.39, 0.29) is 17.4 Å². The zero-order chi connectivity index (χ0) is 19.6. The molecule has 26 heavy (non-hydrogen) atoms. The van der Waals surface area contributed by atoms with Crippen LogP contribution in [-0.2, 0) is 15.3 Å². The number of carboxylic acids is 1. The highest BCUT2D eigenvalue weighted by Gasteiger charge is 2.26. The van der Waals surface area contributed by atoms with E-state index >= 15 is 0 Å². The molecule has 1 amide bonds. The van der Waals surface area contributed by atoms with Crippen molar-refractivity contribution in [1.82, 2.24) is 15.3 Å². The molecular weight excluding hydrogens is 374 g/mol. The van der Waals surface area contributed by atoms with E-state index < -0.39 is 17.3 Å². The number of carboxylic acid groups (broad SMARTS) is 1. The fourth-order valence-electron chi connectivity index (χ4n) is 2.43. The monoisotopic (exact) mass is 397 g/mol. The third-order valence-corrected chi connectivity index (χ3v) is 6.41. The Morgan fingerprint density at radius 3 is 2.54 bits per heavy atom. The summed E-state index contributed by atoms with van der Waals surface area (Å²) in [5.74, 6) is -0.742. The summed E-state index contributed by atoms with van der Waals surface area (Å²) in [6.07, 6.45) is 0. The van der Waals surface area contributed by atoms with Gasteiger partial charge in [0.1, 0.15) is 16.7 Å². The predicted molar refractivity (Wildman–Crippen MR) is 105 cm³/mol. The molecule has 2 aromatic heterocycles. The van der Waals surface area contributed by atoms with Gasteiger partial charge in [-0.3, -0.25) is 9.59 Å². The molecule has 0 saturated heterocycles. The lowest BCUT2D eigenvalue weighted by Gasteiger charge is -2.20. The second-order valence-electron chi connectivity index (χ2n) is 6.50. The van der Waals surface area contributed by atoms with Crippen molar-refractivity contribution in [3.63, 3.8) is 0 Å². The van der Waals surface area contributed by atoms with Crippen molar-refractivity contribution < 1.29 is 14.7 Å². The first-order valence-corrected chi connectivity index (χ1v) is 10.1. The number of H-pyrrole nitrogens is 1. The maximum absolute atomic E-state index is 12.3. The van der Waals surface area contributed by atoms with Crippen LogP contribution in [-0.4, -0.2) is 38.2 Å². The van der Waals surface area contributed by atoms with E-state index in [1.807, 2.05) is 13.8 Å². The number of aromatic amines is 1. The number of carbonyl (C=O) groups excluding carboxylic acids is 1. The number of aromatic nitrogens is 2. The number of aryl methyl sites for hydroxylation is 2. The maximum atomic E-state index is 12.3. The normalized spacial score (nSPS) is 13.8. The number of hydrogen-bond donors (Lipinski definition) is 3. The van der Waals surface area contributed by atoms with Crippen molar-refractivity contribution in [3.8, 4) is 0 Å². The number of amides is 1. The summed E-state index contributed by atoms with van der Waals surface area (Å²) < 4.78 is 0. The molecule has 7 nitrogen and oxygen atoms in total. The molecule has 2 aromatic rings. The summed E-state index contributed by atoms with van der Waals surface area (Å²) in [6, 6.07) is -0.920. The third kappa shape index (κ3) is 4.45. The second kappa shape index (κ2) is 8.22. The zero-order valence-electron chi connectivity index (χ0n) is 15.4. The molecule has 0 fully saturated rings. The van der Waals surface area contributed by atoms with Crippen LogP contribution >= 0.6 is 23.1 Å². The molecule has 0 saturated carbocycles. The summed E-state index contributed by atoms with van der Waals surface area (Å²) in [5, 5.41) is 11.9. The summed E-state index contributed by atoms with van der Waals surface area (Å²) in [5.41, 5.74) is 0.773. The Morgan fingerprint density at radius 1 is 1.31 bits per heavy atom. The minimum atomic E-state index is -1.05. The summed E-state index contributed by atoms with van der Waals surface area (Å²) in [6.45, 7) is 9.04. The van der Waals surface area contributed by atoms with Gasteiger partial charge in [-0.15, -0.1) is 23.1 Å². The van der Waals surface area contributed by atoms with Gasteiger partial charge < -0.3 is 15.4 Å². The number of carbonyl (C=O) groups is 2. The molecule has 0 aliphatic rings. The van der Waals surface area contributed by atoms with Crippen molar-refractivity contribution in [2.75, 3.05) is 0 Å². The van der Waals surface area contributed by atoms with Gasteiger partial charge in [-0.2, -0.15) is 0 Å². The molecule has 3 N–H and O–H groups in total. The molecule has 0 aromatic carbocycles. The molecule has 2 heterocycles. The molecule has 0 radical (unpaired) electrons. The van der Waals surface area contributed by atoms with Crippen LogP contribution in [0.2, 0.25) is 0 Å². The Balaban J connectivity index is 2.06. The second-order valence-corrected chi connectivity index (χ2v) is 9.03. The van der Waals surface area contributed by atoms with Gasteiger partial charge in [-0.05, 0) is 32.3 Å². The molecular formula is C17H23N3O4S2. The smallest absolute Gasteiger partial charge is 0.326 e. The van der Waals surface area contributed by atoms with Gasteiger partial charge in [-0.25, -0.2) is 9.78 Å². The lowest BCUT2D eigenvalue weighted by Crippen LogP contribution is -2.47. The highest BCUT2D eigenvalue weighted by Crippen LogP contribution is 2.26. The number of fused-ring (bicyclic) bond motifs is 1. The largest absolute Gasteiger partial charge is 0.480 e. The first kappa shape index (κ1) is 20.4. The standard InChI is InChI=1S/C17H23N3O4S2/c1-7(2)13(17(23)24)20-14(21)10(5)25-6-11-18-15(22)12-8(3)9(4)26-16(12)19-11/h7,10,13H,6H2,1-5H3,(H,20,21)(H,23,24)(H,18,19,22). The first-order chi connectivity index (χ1) is 12.1. The van der Waals surface area contributed by atoms with Crippen molar-refractivity contribution in [2.45, 2.75) is 51.7 Å². The summed E-state index contributed by atoms with van der Waals surface area (Å²) in [4.78, 5) is 44.7. The van der Waals surface area contributed by atoms with E-state index in [2.05, 4.69) is 15.3 Å². The van der Waals surface area contributed by atoms with Crippen LogP contribution in [0.25, 0.3) is 10.2 Å². The summed E-state index contributed by atoms with van der Waals surface area (Å²) in [7, 11) is 0. The molecule has 0 aliphatic carbocycles.